The van der Waals surface area contributed by atoms with Gasteiger partial charge in [-0.05, 0) is 73.9 Å². The minimum Gasteiger partial charge on any atom is -0.494 e. The zero-order chi connectivity index (χ0) is 35.7. The van der Waals surface area contributed by atoms with Crippen LogP contribution < -0.4 is 10.1 Å². The molecule has 1 spiro atoms. The Morgan fingerprint density at radius 3 is 2.50 bits per heavy atom. The van der Waals surface area contributed by atoms with Crippen molar-refractivity contribution in [3.8, 4) is 5.75 Å². The molecular weight excluding hydrogens is 688 g/mol. The van der Waals surface area contributed by atoms with Gasteiger partial charge in [0.25, 0.3) is 5.91 Å². The molecule has 1 fully saturated rings. The van der Waals surface area contributed by atoms with E-state index in [1.54, 1.807) is 60.4 Å². The van der Waals surface area contributed by atoms with Crippen molar-refractivity contribution < 1.29 is 33.5 Å². The third kappa shape index (κ3) is 6.19. The average Bonchev–Trinajstić information content (AvgIpc) is 3.53. The molecule has 6 rings (SSSR count). The van der Waals surface area contributed by atoms with Crippen LogP contribution in [-0.4, -0.2) is 52.1 Å². The summed E-state index contributed by atoms with van der Waals surface area (Å²) in [5, 5.41) is 28.0. The summed E-state index contributed by atoms with van der Waals surface area (Å²) in [6, 6.07) is 19.5. The van der Waals surface area contributed by atoms with E-state index in [0.717, 1.165) is 0 Å². The Hall–Kier alpha value is -4.55. The predicted octanol–water partition coefficient (Wildman–Crippen LogP) is 7.29. The summed E-state index contributed by atoms with van der Waals surface area (Å²) in [6.45, 7) is 4.11. The van der Waals surface area contributed by atoms with E-state index in [2.05, 4.69) is 5.32 Å². The molecule has 5 atom stereocenters. The van der Waals surface area contributed by atoms with Gasteiger partial charge in [0.05, 0.1) is 41.9 Å². The second-order valence-electron chi connectivity index (χ2n) is 12.2. The lowest BCUT2D eigenvalue weighted by atomic mass is 9.73. The largest absolute Gasteiger partial charge is 0.494 e. The van der Waals surface area contributed by atoms with Gasteiger partial charge in [0.15, 0.2) is 0 Å². The highest BCUT2D eigenvalue weighted by Gasteiger charge is 2.71. The van der Waals surface area contributed by atoms with E-state index >= 15 is 4.39 Å². The van der Waals surface area contributed by atoms with Crippen molar-refractivity contribution in [1.29, 1.82) is 0 Å². The number of amides is 1. The van der Waals surface area contributed by atoms with E-state index in [1.165, 1.54) is 30.3 Å². The molecule has 4 aromatic rings. The second-order valence-corrected chi connectivity index (χ2v) is 13.0. The van der Waals surface area contributed by atoms with Crippen molar-refractivity contribution in [2.75, 3.05) is 18.5 Å². The van der Waals surface area contributed by atoms with Gasteiger partial charge in [-0.3, -0.25) is 19.8 Å². The topological polar surface area (TPSA) is 131 Å². The number of hydrogen-bond donors (Lipinski definition) is 2. The molecule has 2 aliphatic rings. The predicted molar refractivity (Wildman–Crippen MR) is 186 cm³/mol. The number of nitrogens with zero attached hydrogens (tertiary/aromatic N) is 2. The number of nitrogens with one attached hydrogen (secondary N) is 1. The number of aliphatic hydroxyl groups excluding tert-OH is 1. The van der Waals surface area contributed by atoms with Gasteiger partial charge in [0.1, 0.15) is 17.1 Å². The Bertz CT molecular complexity index is 1940. The smallest absolute Gasteiger partial charge is 0.338 e. The summed E-state index contributed by atoms with van der Waals surface area (Å²) < 4.78 is 27.0. The first-order valence-electron chi connectivity index (χ1n) is 16.1. The standard InChI is InChI=1S/C37H34Cl2FN3O7/c1-3-49-25-8-5-7-21(17-25)20-42-30(19-31(44)22-11-13-23(14-12-22)35(45)50-4-2)34(43(47)48)32(26-9-6-10-28(39)33(26)40)37(42)27-16-15-24(38)18-29(27)41-36(37)46/h5-18,30-32,34,44H,3-4,19-20H2,1-2H3,(H,41,46)/t30-,31-,32-,34+,37+/m0/s1. The Labute approximate surface area is 297 Å². The molecular formula is C37H34Cl2FN3O7. The third-order valence-corrected chi connectivity index (χ3v) is 9.95. The maximum absolute atomic E-state index is 16.2. The van der Waals surface area contributed by atoms with Crippen LogP contribution in [0.25, 0.3) is 0 Å². The Balaban J connectivity index is 1.56. The van der Waals surface area contributed by atoms with Crippen molar-refractivity contribution in [3.63, 3.8) is 0 Å². The molecule has 2 aliphatic heterocycles. The number of fused-ring (bicyclic) bond motifs is 2. The number of likely N-dealkylation sites (tertiary alicyclic amines) is 1. The lowest BCUT2D eigenvalue weighted by Crippen LogP contribution is -2.51. The first-order valence-corrected chi connectivity index (χ1v) is 16.9. The van der Waals surface area contributed by atoms with Crippen LogP contribution in [0, 0.1) is 15.9 Å². The monoisotopic (exact) mass is 721 g/mol. The Morgan fingerprint density at radius 1 is 1.06 bits per heavy atom. The van der Waals surface area contributed by atoms with Crippen molar-refractivity contribution in [2.45, 2.75) is 56.5 Å². The van der Waals surface area contributed by atoms with Gasteiger partial charge in [-0.1, -0.05) is 65.7 Å². The molecule has 1 saturated heterocycles. The number of benzene rings is 4. The summed E-state index contributed by atoms with van der Waals surface area (Å²) in [7, 11) is 0. The number of halogens is 3. The lowest BCUT2D eigenvalue weighted by Gasteiger charge is -2.39. The van der Waals surface area contributed by atoms with E-state index in [4.69, 9.17) is 32.7 Å². The van der Waals surface area contributed by atoms with Crippen LogP contribution in [0.4, 0.5) is 10.1 Å². The highest BCUT2D eigenvalue weighted by Crippen LogP contribution is 2.59. The summed E-state index contributed by atoms with van der Waals surface area (Å²) in [4.78, 5) is 41.4. The third-order valence-electron chi connectivity index (χ3n) is 9.42. The van der Waals surface area contributed by atoms with Gasteiger partial charge in [-0.15, -0.1) is 0 Å². The number of carbonyl (C=O) groups is 2. The van der Waals surface area contributed by atoms with Gasteiger partial charge < -0.3 is 19.9 Å². The van der Waals surface area contributed by atoms with E-state index < -0.39 is 52.3 Å². The molecule has 2 heterocycles. The number of ether oxygens (including phenoxy) is 2. The molecule has 0 unspecified atom stereocenters. The molecule has 260 valence electrons. The fraction of sp³-hybridized carbons (Fsp3) is 0.297. The fourth-order valence-corrected chi connectivity index (χ4v) is 7.79. The number of aliphatic hydroxyl groups is 1. The van der Waals surface area contributed by atoms with Gasteiger partial charge in [-0.25, -0.2) is 9.18 Å². The zero-order valence-electron chi connectivity index (χ0n) is 27.1. The average molecular weight is 723 g/mol. The van der Waals surface area contributed by atoms with Crippen LogP contribution in [0.1, 0.15) is 64.9 Å². The van der Waals surface area contributed by atoms with Crippen LogP contribution in [0.5, 0.6) is 5.75 Å². The quantitative estimate of drug-likeness (QED) is 0.0938. The molecule has 0 bridgehead atoms. The normalized spacial score (nSPS) is 21.9. The maximum Gasteiger partial charge on any atom is 0.338 e. The SMILES string of the molecule is CCOC(=O)c1ccc([C@@H](O)C[C@H]2[C@@H]([N+](=O)[O-])[C@H](c3cccc(Cl)c3F)[C@]3(C(=O)Nc4cc(Cl)ccc43)N2Cc2cccc(OCC)c2)cc1. The molecule has 1 amide bonds. The van der Waals surface area contributed by atoms with Crippen LogP contribution >= 0.6 is 23.2 Å². The van der Waals surface area contributed by atoms with Crippen molar-refractivity contribution in [3.05, 3.63) is 139 Å². The van der Waals surface area contributed by atoms with E-state index in [1.807, 2.05) is 13.0 Å². The lowest BCUT2D eigenvalue weighted by molar-refractivity contribution is -0.528. The molecule has 0 aliphatic carbocycles. The minimum atomic E-state index is -1.84. The van der Waals surface area contributed by atoms with Crippen LogP contribution in [-0.2, 0) is 21.6 Å². The summed E-state index contributed by atoms with van der Waals surface area (Å²) in [6.07, 6.45) is -1.52. The molecule has 0 radical (unpaired) electrons. The Morgan fingerprint density at radius 2 is 1.80 bits per heavy atom. The molecule has 2 N–H and O–H groups in total. The molecule has 0 saturated carbocycles. The minimum absolute atomic E-state index is 0.0153. The van der Waals surface area contributed by atoms with Crippen LogP contribution in [0.15, 0.2) is 84.9 Å². The number of carbonyl (C=O) groups excluding carboxylic acids is 2. The van der Waals surface area contributed by atoms with Gasteiger partial charge in [0, 0.05) is 33.3 Å². The summed E-state index contributed by atoms with van der Waals surface area (Å²) in [5.41, 5.74) is 0.0759. The second kappa shape index (κ2) is 14.4. The zero-order valence-corrected chi connectivity index (χ0v) is 28.7. The molecule has 50 heavy (non-hydrogen) atoms. The number of esters is 1. The van der Waals surface area contributed by atoms with Crippen LogP contribution in [0.2, 0.25) is 10.0 Å². The molecule has 0 aromatic heterocycles. The number of anilines is 1. The van der Waals surface area contributed by atoms with Gasteiger partial charge in [0.2, 0.25) is 6.04 Å². The van der Waals surface area contributed by atoms with Crippen molar-refractivity contribution in [2.24, 2.45) is 0 Å². The van der Waals surface area contributed by atoms with E-state index in [9.17, 15) is 24.8 Å². The van der Waals surface area contributed by atoms with E-state index in [-0.39, 0.29) is 35.7 Å². The fourth-order valence-electron chi connectivity index (χ4n) is 7.44. The van der Waals surface area contributed by atoms with Gasteiger partial charge in [-0.2, -0.15) is 0 Å². The molecule has 13 heteroatoms. The number of rotatable bonds is 11. The van der Waals surface area contributed by atoms with Crippen molar-refractivity contribution in [1.82, 2.24) is 4.90 Å². The number of nitro groups is 1. The first-order chi connectivity index (χ1) is 24.0. The summed E-state index contributed by atoms with van der Waals surface area (Å²) in [5.74, 6) is -2.87. The highest BCUT2D eigenvalue weighted by molar-refractivity contribution is 6.31. The maximum atomic E-state index is 16.2. The number of hydrogen-bond acceptors (Lipinski definition) is 8. The highest BCUT2D eigenvalue weighted by atomic mass is 35.5. The molecule has 4 aromatic carbocycles. The Kier molecular flexibility index (Phi) is 10.1. The first kappa shape index (κ1) is 35.3. The molecule has 10 nitrogen and oxygen atoms in total. The van der Waals surface area contributed by atoms with Crippen molar-refractivity contribution >= 4 is 40.8 Å². The van der Waals surface area contributed by atoms with Crippen LogP contribution in [0.3, 0.4) is 0 Å². The van der Waals surface area contributed by atoms with E-state index in [0.29, 0.717) is 39.8 Å². The summed E-state index contributed by atoms with van der Waals surface area (Å²) >= 11 is 12.6. The van der Waals surface area contributed by atoms with Gasteiger partial charge >= 0.3 is 5.97 Å².